The van der Waals surface area contributed by atoms with Crippen LogP contribution in [0.25, 0.3) is 6.08 Å². The van der Waals surface area contributed by atoms with E-state index in [1.165, 1.54) is 49.8 Å². The highest BCUT2D eigenvalue weighted by molar-refractivity contribution is 7.10. The molecule has 0 bridgehead atoms. The molecule has 2 nitrogen and oxygen atoms in total. The quantitative estimate of drug-likeness (QED) is 0.227. The van der Waals surface area contributed by atoms with Gasteiger partial charge < -0.3 is 5.32 Å². The highest BCUT2D eigenvalue weighted by Crippen LogP contribution is 2.15. The molecule has 30 heavy (non-hydrogen) atoms. The van der Waals surface area contributed by atoms with Crippen LogP contribution in [0.15, 0.2) is 78.2 Å². The summed E-state index contributed by atoms with van der Waals surface area (Å²) in [6.45, 7) is 0.982. The smallest absolute Gasteiger partial charge is 0.193 e. The average molecular weight is 418 g/mol. The molecular weight excluding hydrogens is 386 g/mol. The van der Waals surface area contributed by atoms with Crippen LogP contribution in [0.2, 0.25) is 0 Å². The van der Waals surface area contributed by atoms with E-state index >= 15 is 0 Å². The van der Waals surface area contributed by atoms with E-state index in [1.54, 1.807) is 11.3 Å². The lowest BCUT2D eigenvalue weighted by Gasteiger charge is -2.07. The summed E-state index contributed by atoms with van der Waals surface area (Å²) in [5.41, 5.74) is 2.55. The minimum absolute atomic E-state index is 0.0733. The zero-order chi connectivity index (χ0) is 20.9. The molecule has 0 aliphatic carbocycles. The molecule has 0 aliphatic heterocycles. The average Bonchev–Trinajstić information content (AvgIpc) is 3.31. The number of anilines is 1. The fraction of sp³-hybridized carbons (Fsp3) is 0.296. The minimum Gasteiger partial charge on any atom is -0.385 e. The van der Waals surface area contributed by atoms with Crippen molar-refractivity contribution in [2.24, 2.45) is 0 Å². The fourth-order valence-corrected chi connectivity index (χ4v) is 4.05. The second-order valence-electron chi connectivity index (χ2n) is 7.53. The van der Waals surface area contributed by atoms with Crippen LogP contribution < -0.4 is 5.32 Å². The first-order chi connectivity index (χ1) is 14.8. The van der Waals surface area contributed by atoms with Crippen molar-refractivity contribution in [2.75, 3.05) is 11.9 Å². The Bertz CT molecular complexity index is 882. The lowest BCUT2D eigenvalue weighted by atomic mass is 10.0. The SMILES string of the molecule is O=C(c1ccccc1)c1ccc(NCCCCCCCC/C=C/c2cccs2)cc1. The summed E-state index contributed by atoms with van der Waals surface area (Å²) in [5.74, 6) is 0.0733. The zero-order valence-corrected chi connectivity index (χ0v) is 18.4. The molecular formula is C27H31NOS. The normalized spacial score (nSPS) is 11.1. The fourth-order valence-electron chi connectivity index (χ4n) is 3.41. The topological polar surface area (TPSA) is 29.1 Å². The highest BCUT2D eigenvalue weighted by Gasteiger charge is 2.07. The first-order valence-corrected chi connectivity index (χ1v) is 11.8. The predicted octanol–water partition coefficient (Wildman–Crippen LogP) is 7.84. The van der Waals surface area contributed by atoms with Gasteiger partial charge in [-0.2, -0.15) is 0 Å². The monoisotopic (exact) mass is 417 g/mol. The van der Waals surface area contributed by atoms with Crippen LogP contribution in [-0.2, 0) is 0 Å². The number of nitrogens with one attached hydrogen (secondary N) is 1. The van der Waals surface area contributed by atoms with Crippen molar-refractivity contribution in [3.05, 3.63) is 94.2 Å². The number of hydrogen-bond donors (Lipinski definition) is 1. The summed E-state index contributed by atoms with van der Waals surface area (Å²) in [5, 5.41) is 5.58. The Morgan fingerprint density at radius 3 is 2.20 bits per heavy atom. The molecule has 156 valence electrons. The van der Waals surface area contributed by atoms with Gasteiger partial charge in [-0.15, -0.1) is 11.3 Å². The van der Waals surface area contributed by atoms with Gasteiger partial charge in [0.05, 0.1) is 0 Å². The number of ketones is 1. The third kappa shape index (κ3) is 7.64. The third-order valence-electron chi connectivity index (χ3n) is 5.14. The van der Waals surface area contributed by atoms with Crippen LogP contribution in [0.1, 0.15) is 65.7 Å². The summed E-state index contributed by atoms with van der Waals surface area (Å²) in [4.78, 5) is 13.8. The molecule has 1 aromatic heterocycles. The van der Waals surface area contributed by atoms with Gasteiger partial charge in [0.1, 0.15) is 0 Å². The maximum atomic E-state index is 12.4. The number of carbonyl (C=O) groups is 1. The van der Waals surface area contributed by atoms with Crippen molar-refractivity contribution in [1.29, 1.82) is 0 Å². The summed E-state index contributed by atoms with van der Waals surface area (Å²) < 4.78 is 0. The standard InChI is InChI=1S/C27H31NOS/c29-27(23-13-8-7-9-14-23)24-17-19-25(20-18-24)28-21-11-6-4-2-1-3-5-10-15-26-16-12-22-30-26/h7-10,12-20,22,28H,1-6,11,21H2/b15-10+. The van der Waals surface area contributed by atoms with Crippen LogP contribution in [0.5, 0.6) is 0 Å². The first-order valence-electron chi connectivity index (χ1n) is 11.0. The number of allylic oxidation sites excluding steroid dienone is 1. The Morgan fingerprint density at radius 1 is 0.767 bits per heavy atom. The summed E-state index contributed by atoms with van der Waals surface area (Å²) in [6, 6.07) is 21.5. The van der Waals surface area contributed by atoms with Gasteiger partial charge in [-0.1, -0.05) is 68.2 Å². The molecule has 0 saturated heterocycles. The largest absolute Gasteiger partial charge is 0.385 e. The van der Waals surface area contributed by atoms with E-state index in [0.717, 1.165) is 23.4 Å². The van der Waals surface area contributed by atoms with Crippen molar-refractivity contribution in [3.8, 4) is 0 Å². The van der Waals surface area contributed by atoms with Crippen LogP contribution in [-0.4, -0.2) is 12.3 Å². The van der Waals surface area contributed by atoms with Crippen molar-refractivity contribution < 1.29 is 4.79 Å². The first kappa shape index (κ1) is 22.0. The number of benzene rings is 2. The van der Waals surface area contributed by atoms with Gasteiger partial charge in [0, 0.05) is 28.2 Å². The Hall–Kier alpha value is -2.65. The van der Waals surface area contributed by atoms with Gasteiger partial charge in [0.2, 0.25) is 0 Å². The Labute approximate surface area is 184 Å². The van der Waals surface area contributed by atoms with Gasteiger partial charge in [0.15, 0.2) is 5.78 Å². The molecule has 0 aliphatic rings. The molecule has 3 heteroatoms. The molecule has 0 atom stereocenters. The van der Waals surface area contributed by atoms with E-state index in [-0.39, 0.29) is 5.78 Å². The Morgan fingerprint density at radius 2 is 1.47 bits per heavy atom. The van der Waals surface area contributed by atoms with E-state index in [1.807, 2.05) is 54.6 Å². The molecule has 0 unspecified atom stereocenters. The van der Waals surface area contributed by atoms with Crippen LogP contribution in [0.3, 0.4) is 0 Å². The Kier molecular flexibility index (Phi) is 9.42. The molecule has 0 fully saturated rings. The number of carbonyl (C=O) groups excluding carboxylic acids is 1. The van der Waals surface area contributed by atoms with E-state index < -0.39 is 0 Å². The van der Waals surface area contributed by atoms with Crippen LogP contribution in [0.4, 0.5) is 5.69 Å². The highest BCUT2D eigenvalue weighted by atomic mass is 32.1. The molecule has 2 aromatic carbocycles. The van der Waals surface area contributed by atoms with Crippen molar-refractivity contribution in [3.63, 3.8) is 0 Å². The Balaban J connectivity index is 1.22. The number of hydrogen-bond acceptors (Lipinski definition) is 3. The molecule has 1 heterocycles. The number of unbranched alkanes of at least 4 members (excludes halogenated alkanes) is 6. The molecule has 0 saturated carbocycles. The minimum atomic E-state index is 0.0733. The zero-order valence-electron chi connectivity index (χ0n) is 17.6. The van der Waals surface area contributed by atoms with Crippen molar-refractivity contribution >= 4 is 28.9 Å². The molecule has 0 spiro atoms. The molecule has 3 rings (SSSR count). The van der Waals surface area contributed by atoms with Crippen LogP contribution >= 0.6 is 11.3 Å². The summed E-state index contributed by atoms with van der Waals surface area (Å²) >= 11 is 1.79. The second kappa shape index (κ2) is 12.8. The maximum Gasteiger partial charge on any atom is 0.193 e. The third-order valence-corrected chi connectivity index (χ3v) is 5.97. The van der Waals surface area contributed by atoms with Gasteiger partial charge in [-0.3, -0.25) is 4.79 Å². The van der Waals surface area contributed by atoms with Gasteiger partial charge in [0.25, 0.3) is 0 Å². The molecule has 0 amide bonds. The molecule has 0 radical (unpaired) electrons. The number of rotatable bonds is 13. The van der Waals surface area contributed by atoms with E-state index in [2.05, 4.69) is 35.0 Å². The lowest BCUT2D eigenvalue weighted by Crippen LogP contribution is -2.03. The van der Waals surface area contributed by atoms with Gasteiger partial charge in [-0.05, 0) is 61.1 Å². The van der Waals surface area contributed by atoms with Gasteiger partial charge >= 0.3 is 0 Å². The molecule has 1 N–H and O–H groups in total. The van der Waals surface area contributed by atoms with Crippen molar-refractivity contribution in [1.82, 2.24) is 0 Å². The van der Waals surface area contributed by atoms with Gasteiger partial charge in [-0.25, -0.2) is 0 Å². The second-order valence-corrected chi connectivity index (χ2v) is 8.51. The maximum absolute atomic E-state index is 12.4. The van der Waals surface area contributed by atoms with E-state index in [4.69, 9.17) is 0 Å². The predicted molar refractivity (Wildman–Crippen MR) is 130 cm³/mol. The van der Waals surface area contributed by atoms with E-state index in [9.17, 15) is 4.79 Å². The van der Waals surface area contributed by atoms with Crippen LogP contribution in [0, 0.1) is 0 Å². The van der Waals surface area contributed by atoms with E-state index in [0.29, 0.717) is 0 Å². The number of thiophene rings is 1. The lowest BCUT2D eigenvalue weighted by molar-refractivity contribution is 0.103. The van der Waals surface area contributed by atoms with Crippen molar-refractivity contribution in [2.45, 2.75) is 44.9 Å². The summed E-state index contributed by atoms with van der Waals surface area (Å²) in [6.07, 6.45) is 13.4. The summed E-state index contributed by atoms with van der Waals surface area (Å²) in [7, 11) is 0. The molecule has 3 aromatic rings.